The fourth-order valence-electron chi connectivity index (χ4n) is 3.05. The second kappa shape index (κ2) is 9.92. The van der Waals surface area contributed by atoms with E-state index in [9.17, 15) is 4.79 Å². The maximum atomic E-state index is 12.3. The van der Waals surface area contributed by atoms with Gasteiger partial charge in [-0.3, -0.25) is 4.79 Å². The summed E-state index contributed by atoms with van der Waals surface area (Å²) in [6.45, 7) is 0.464. The number of nitrogens with zero attached hydrogens (tertiary/aromatic N) is 2. The standard InChI is InChI=1S/C22H23Cl2N3O2/c1-27(2)19(15-7-3-5-9-17(15)23)13-25-21(28)11-12-22-26-14-20(29-22)16-8-4-6-10-18(16)24/h3-10,14,19H,11-13H2,1-2H3,(H,25,28)/t19-/m0/s1. The molecule has 0 bridgehead atoms. The van der Waals surface area contributed by atoms with E-state index in [2.05, 4.69) is 10.3 Å². The van der Waals surface area contributed by atoms with Crippen molar-refractivity contribution in [2.24, 2.45) is 0 Å². The van der Waals surface area contributed by atoms with Gasteiger partial charge in [-0.15, -0.1) is 0 Å². The van der Waals surface area contributed by atoms with Crippen molar-refractivity contribution in [3.05, 3.63) is 76.2 Å². The Labute approximate surface area is 180 Å². The first kappa shape index (κ1) is 21.4. The molecule has 0 fully saturated rings. The van der Waals surface area contributed by atoms with E-state index in [4.69, 9.17) is 27.6 Å². The van der Waals surface area contributed by atoms with Gasteiger partial charge in [-0.05, 0) is 37.9 Å². The Balaban J connectivity index is 1.55. The first-order valence-corrected chi connectivity index (χ1v) is 10.1. The minimum atomic E-state index is -0.0682. The number of likely N-dealkylation sites (N-methyl/N-ethyl adjacent to an activating group) is 1. The third kappa shape index (κ3) is 5.60. The number of aromatic nitrogens is 1. The van der Waals surface area contributed by atoms with Gasteiger partial charge in [0.25, 0.3) is 0 Å². The third-order valence-corrected chi connectivity index (χ3v) is 5.31. The highest BCUT2D eigenvalue weighted by molar-refractivity contribution is 6.33. The number of hydrogen-bond acceptors (Lipinski definition) is 4. The van der Waals surface area contributed by atoms with Crippen LogP contribution in [-0.2, 0) is 11.2 Å². The minimum Gasteiger partial charge on any atom is -0.441 e. The van der Waals surface area contributed by atoms with Crippen molar-refractivity contribution in [3.8, 4) is 11.3 Å². The summed E-state index contributed by atoms with van der Waals surface area (Å²) in [4.78, 5) is 18.6. The summed E-state index contributed by atoms with van der Waals surface area (Å²) < 4.78 is 5.75. The molecule has 0 spiro atoms. The predicted octanol–water partition coefficient (Wildman–Crippen LogP) is 5.00. The average molecular weight is 432 g/mol. The highest BCUT2D eigenvalue weighted by Gasteiger charge is 2.18. The Morgan fingerprint density at radius 3 is 2.48 bits per heavy atom. The molecular formula is C22H23Cl2N3O2. The molecule has 29 heavy (non-hydrogen) atoms. The van der Waals surface area contributed by atoms with Crippen LogP contribution in [0.25, 0.3) is 11.3 Å². The van der Waals surface area contributed by atoms with Gasteiger partial charge in [0.05, 0.1) is 17.3 Å². The Bertz CT molecular complexity index is 972. The SMILES string of the molecule is CN(C)[C@@H](CNC(=O)CCc1ncc(-c2ccccc2Cl)o1)c1ccccc1Cl. The van der Waals surface area contributed by atoms with Crippen LogP contribution in [-0.4, -0.2) is 36.4 Å². The summed E-state index contributed by atoms with van der Waals surface area (Å²) in [5.74, 6) is 1.03. The number of benzene rings is 2. The Kier molecular flexibility index (Phi) is 7.31. The maximum Gasteiger partial charge on any atom is 0.220 e. The minimum absolute atomic E-state index is 0.0128. The fraction of sp³-hybridized carbons (Fsp3) is 0.273. The molecule has 0 radical (unpaired) electrons. The van der Waals surface area contributed by atoms with Crippen LogP contribution < -0.4 is 5.32 Å². The summed E-state index contributed by atoms with van der Waals surface area (Å²) in [6.07, 6.45) is 2.33. The molecule has 152 valence electrons. The lowest BCUT2D eigenvalue weighted by atomic mass is 10.1. The summed E-state index contributed by atoms with van der Waals surface area (Å²) in [5.41, 5.74) is 1.77. The number of carbonyl (C=O) groups excluding carboxylic acids is 1. The van der Waals surface area contributed by atoms with Gasteiger partial charge < -0.3 is 14.6 Å². The van der Waals surface area contributed by atoms with Gasteiger partial charge in [0.15, 0.2) is 11.7 Å². The van der Waals surface area contributed by atoms with Crippen molar-refractivity contribution in [1.82, 2.24) is 15.2 Å². The first-order chi connectivity index (χ1) is 14.0. The Morgan fingerprint density at radius 2 is 1.79 bits per heavy atom. The van der Waals surface area contributed by atoms with Crippen LogP contribution in [0.4, 0.5) is 0 Å². The lowest BCUT2D eigenvalue weighted by Crippen LogP contribution is -2.34. The first-order valence-electron chi connectivity index (χ1n) is 9.33. The van der Waals surface area contributed by atoms with E-state index < -0.39 is 0 Å². The van der Waals surface area contributed by atoms with Gasteiger partial charge in [0, 0.05) is 30.0 Å². The predicted molar refractivity (Wildman–Crippen MR) is 116 cm³/mol. The zero-order chi connectivity index (χ0) is 20.8. The van der Waals surface area contributed by atoms with Crippen LogP contribution >= 0.6 is 23.2 Å². The van der Waals surface area contributed by atoms with E-state index in [-0.39, 0.29) is 18.4 Å². The summed E-state index contributed by atoms with van der Waals surface area (Å²) >= 11 is 12.5. The molecular weight excluding hydrogens is 409 g/mol. The van der Waals surface area contributed by atoms with Crippen molar-refractivity contribution in [3.63, 3.8) is 0 Å². The number of aryl methyl sites for hydroxylation is 1. The topological polar surface area (TPSA) is 58.4 Å². The molecule has 1 heterocycles. The van der Waals surface area contributed by atoms with Crippen molar-refractivity contribution >= 4 is 29.1 Å². The summed E-state index contributed by atoms with van der Waals surface area (Å²) in [6, 6.07) is 15.1. The van der Waals surface area contributed by atoms with Crippen molar-refractivity contribution < 1.29 is 9.21 Å². The third-order valence-electron chi connectivity index (χ3n) is 4.64. The molecule has 1 amide bonds. The quantitative estimate of drug-likeness (QED) is 0.544. The molecule has 3 aromatic rings. The van der Waals surface area contributed by atoms with Crippen LogP contribution in [0.5, 0.6) is 0 Å². The van der Waals surface area contributed by atoms with E-state index in [1.54, 1.807) is 12.3 Å². The second-order valence-electron chi connectivity index (χ2n) is 6.90. The van der Waals surface area contributed by atoms with Gasteiger partial charge in [-0.1, -0.05) is 53.5 Å². The number of amides is 1. The smallest absolute Gasteiger partial charge is 0.220 e. The fourth-order valence-corrected chi connectivity index (χ4v) is 3.54. The van der Waals surface area contributed by atoms with E-state index in [0.717, 1.165) is 11.1 Å². The second-order valence-corrected chi connectivity index (χ2v) is 7.72. The highest BCUT2D eigenvalue weighted by Crippen LogP contribution is 2.28. The van der Waals surface area contributed by atoms with Crippen LogP contribution in [0.2, 0.25) is 10.0 Å². The van der Waals surface area contributed by atoms with E-state index in [1.807, 2.05) is 61.5 Å². The molecule has 2 aromatic carbocycles. The zero-order valence-corrected chi connectivity index (χ0v) is 17.9. The number of carbonyl (C=O) groups is 1. The molecule has 1 N–H and O–H groups in total. The molecule has 0 saturated carbocycles. The van der Waals surface area contributed by atoms with E-state index in [0.29, 0.717) is 34.7 Å². The van der Waals surface area contributed by atoms with Gasteiger partial charge >= 0.3 is 0 Å². The molecule has 0 aliphatic rings. The van der Waals surface area contributed by atoms with Crippen LogP contribution in [0, 0.1) is 0 Å². The summed E-state index contributed by atoms with van der Waals surface area (Å²) in [5, 5.41) is 4.26. The lowest BCUT2D eigenvalue weighted by Gasteiger charge is -2.26. The normalized spacial score (nSPS) is 12.2. The van der Waals surface area contributed by atoms with Gasteiger partial charge in [-0.2, -0.15) is 0 Å². The van der Waals surface area contributed by atoms with Crippen molar-refractivity contribution in [2.45, 2.75) is 18.9 Å². The van der Waals surface area contributed by atoms with Crippen molar-refractivity contribution in [2.75, 3.05) is 20.6 Å². The van der Waals surface area contributed by atoms with Crippen molar-refractivity contribution in [1.29, 1.82) is 0 Å². The molecule has 1 aromatic heterocycles. The lowest BCUT2D eigenvalue weighted by molar-refractivity contribution is -0.121. The summed E-state index contributed by atoms with van der Waals surface area (Å²) in [7, 11) is 3.92. The van der Waals surface area contributed by atoms with Gasteiger partial charge in [0.2, 0.25) is 5.91 Å². The molecule has 0 aliphatic heterocycles. The molecule has 1 atom stereocenters. The van der Waals surface area contributed by atoms with E-state index in [1.165, 1.54) is 0 Å². The molecule has 0 unspecified atom stereocenters. The number of halogens is 2. The zero-order valence-electron chi connectivity index (χ0n) is 16.4. The molecule has 3 rings (SSSR count). The van der Waals surface area contributed by atoms with Crippen LogP contribution in [0.1, 0.15) is 23.9 Å². The monoisotopic (exact) mass is 431 g/mol. The highest BCUT2D eigenvalue weighted by atomic mass is 35.5. The maximum absolute atomic E-state index is 12.3. The number of rotatable bonds is 8. The molecule has 7 heteroatoms. The largest absolute Gasteiger partial charge is 0.441 e. The van der Waals surface area contributed by atoms with Crippen LogP contribution in [0.3, 0.4) is 0 Å². The Hall–Kier alpha value is -2.34. The van der Waals surface area contributed by atoms with E-state index >= 15 is 0 Å². The average Bonchev–Trinajstić information content (AvgIpc) is 3.17. The number of oxazole rings is 1. The molecule has 0 saturated heterocycles. The van der Waals surface area contributed by atoms with Gasteiger partial charge in [-0.25, -0.2) is 4.98 Å². The van der Waals surface area contributed by atoms with Gasteiger partial charge in [0.1, 0.15) is 0 Å². The van der Waals surface area contributed by atoms with Crippen LogP contribution in [0.15, 0.2) is 59.1 Å². The number of nitrogens with one attached hydrogen (secondary N) is 1. The Morgan fingerprint density at radius 1 is 1.10 bits per heavy atom. The molecule has 5 nitrogen and oxygen atoms in total. The number of hydrogen-bond donors (Lipinski definition) is 1. The molecule has 0 aliphatic carbocycles.